The second-order valence-electron chi connectivity index (χ2n) is 5.95. The second kappa shape index (κ2) is 5.93. The molecule has 0 unspecified atom stereocenters. The molecule has 1 aromatic rings. The molecule has 2 aliphatic heterocycles. The number of piperidine rings is 1. The van der Waals surface area contributed by atoms with Gasteiger partial charge in [0.25, 0.3) is 0 Å². The van der Waals surface area contributed by atoms with Gasteiger partial charge in [-0.1, -0.05) is 6.92 Å². The smallest absolute Gasteiger partial charge is 0.241 e. The maximum absolute atomic E-state index is 12.4. The molecular weight excluding hydrogens is 268 g/mol. The SMILES string of the molecule is CC1CCN([C@@H](C)C(=O)Nc2ccc3c(c2)OCO3)CC1. The molecule has 2 aliphatic rings. The summed E-state index contributed by atoms with van der Waals surface area (Å²) in [6, 6.07) is 5.37. The van der Waals surface area contributed by atoms with Crippen LogP contribution in [-0.2, 0) is 4.79 Å². The Morgan fingerprint density at radius 3 is 2.76 bits per heavy atom. The first-order valence-corrected chi connectivity index (χ1v) is 7.58. The Morgan fingerprint density at radius 2 is 2.00 bits per heavy atom. The number of benzene rings is 1. The van der Waals surface area contributed by atoms with E-state index in [4.69, 9.17) is 9.47 Å². The van der Waals surface area contributed by atoms with E-state index < -0.39 is 0 Å². The van der Waals surface area contributed by atoms with E-state index in [1.54, 1.807) is 0 Å². The van der Waals surface area contributed by atoms with Gasteiger partial charge in [-0.15, -0.1) is 0 Å². The van der Waals surface area contributed by atoms with Gasteiger partial charge < -0.3 is 14.8 Å². The summed E-state index contributed by atoms with van der Waals surface area (Å²) < 4.78 is 10.6. The fourth-order valence-corrected chi connectivity index (χ4v) is 2.80. The highest BCUT2D eigenvalue weighted by Crippen LogP contribution is 2.34. The molecule has 5 heteroatoms. The Bertz CT molecular complexity index is 524. The molecular formula is C16H22N2O3. The minimum Gasteiger partial charge on any atom is -0.454 e. The molecule has 2 heterocycles. The molecule has 0 aliphatic carbocycles. The Morgan fingerprint density at radius 1 is 1.29 bits per heavy atom. The van der Waals surface area contributed by atoms with Crippen LogP contribution in [0, 0.1) is 5.92 Å². The molecule has 114 valence electrons. The lowest BCUT2D eigenvalue weighted by atomic mass is 9.98. The molecule has 1 fully saturated rings. The molecule has 0 bridgehead atoms. The van der Waals surface area contributed by atoms with E-state index in [9.17, 15) is 4.79 Å². The first-order chi connectivity index (χ1) is 10.1. The number of nitrogens with zero attached hydrogens (tertiary/aromatic N) is 1. The van der Waals surface area contributed by atoms with E-state index in [0.717, 1.165) is 30.4 Å². The van der Waals surface area contributed by atoms with Gasteiger partial charge in [-0.25, -0.2) is 0 Å². The van der Waals surface area contributed by atoms with Crippen LogP contribution in [0.2, 0.25) is 0 Å². The summed E-state index contributed by atoms with van der Waals surface area (Å²) in [7, 11) is 0. The van der Waals surface area contributed by atoms with Gasteiger partial charge in [0.05, 0.1) is 6.04 Å². The molecule has 1 N–H and O–H groups in total. The number of carbonyl (C=O) groups is 1. The number of amides is 1. The maximum atomic E-state index is 12.4. The fraction of sp³-hybridized carbons (Fsp3) is 0.562. The molecule has 21 heavy (non-hydrogen) atoms. The van der Waals surface area contributed by atoms with Gasteiger partial charge in [0, 0.05) is 11.8 Å². The molecule has 0 aromatic heterocycles. The number of hydrogen-bond acceptors (Lipinski definition) is 4. The van der Waals surface area contributed by atoms with Gasteiger partial charge in [-0.2, -0.15) is 0 Å². The lowest BCUT2D eigenvalue weighted by Gasteiger charge is -2.34. The van der Waals surface area contributed by atoms with E-state index in [0.29, 0.717) is 5.75 Å². The van der Waals surface area contributed by atoms with Crippen molar-refractivity contribution < 1.29 is 14.3 Å². The number of hydrogen-bond donors (Lipinski definition) is 1. The Hall–Kier alpha value is -1.75. The van der Waals surface area contributed by atoms with Gasteiger partial charge in [-0.3, -0.25) is 9.69 Å². The van der Waals surface area contributed by atoms with Crippen LogP contribution < -0.4 is 14.8 Å². The Labute approximate surface area is 125 Å². The number of carbonyl (C=O) groups excluding carboxylic acids is 1. The van der Waals surface area contributed by atoms with E-state index in [1.807, 2.05) is 25.1 Å². The van der Waals surface area contributed by atoms with Crippen molar-refractivity contribution in [1.29, 1.82) is 0 Å². The molecule has 0 spiro atoms. The van der Waals surface area contributed by atoms with Crippen LogP contribution >= 0.6 is 0 Å². The zero-order valence-corrected chi connectivity index (χ0v) is 12.6. The van der Waals surface area contributed by atoms with Crippen molar-refractivity contribution >= 4 is 11.6 Å². The molecule has 1 saturated heterocycles. The molecule has 5 nitrogen and oxygen atoms in total. The topological polar surface area (TPSA) is 50.8 Å². The van der Waals surface area contributed by atoms with Gasteiger partial charge in [0.15, 0.2) is 11.5 Å². The van der Waals surface area contributed by atoms with Gasteiger partial charge in [-0.05, 0) is 50.9 Å². The van der Waals surface area contributed by atoms with Gasteiger partial charge in [0.2, 0.25) is 12.7 Å². The average Bonchev–Trinajstić information content (AvgIpc) is 2.95. The molecule has 0 radical (unpaired) electrons. The van der Waals surface area contributed by atoms with Crippen molar-refractivity contribution in [2.24, 2.45) is 5.92 Å². The quantitative estimate of drug-likeness (QED) is 0.929. The van der Waals surface area contributed by atoms with Crippen LogP contribution in [0.1, 0.15) is 26.7 Å². The highest BCUT2D eigenvalue weighted by Gasteiger charge is 2.25. The third kappa shape index (κ3) is 3.13. The summed E-state index contributed by atoms with van der Waals surface area (Å²) in [6.07, 6.45) is 2.34. The first-order valence-electron chi connectivity index (χ1n) is 7.58. The Balaban J connectivity index is 1.60. The monoisotopic (exact) mass is 290 g/mol. The normalized spacial score (nSPS) is 20.3. The second-order valence-corrected chi connectivity index (χ2v) is 5.95. The summed E-state index contributed by atoms with van der Waals surface area (Å²) in [5, 5.41) is 2.96. The number of fused-ring (bicyclic) bond motifs is 1. The van der Waals surface area contributed by atoms with Crippen molar-refractivity contribution in [1.82, 2.24) is 4.90 Å². The molecule has 1 amide bonds. The van der Waals surface area contributed by atoms with E-state index >= 15 is 0 Å². The minimum absolute atomic E-state index is 0.0309. The highest BCUT2D eigenvalue weighted by molar-refractivity contribution is 5.94. The Kier molecular flexibility index (Phi) is 4.01. The summed E-state index contributed by atoms with van der Waals surface area (Å²) in [6.45, 7) is 6.48. The number of anilines is 1. The average molecular weight is 290 g/mol. The van der Waals surface area contributed by atoms with Crippen molar-refractivity contribution in [3.63, 3.8) is 0 Å². The predicted octanol–water partition coefficient (Wildman–Crippen LogP) is 2.47. The molecule has 0 saturated carbocycles. The van der Waals surface area contributed by atoms with Crippen LogP contribution in [0.15, 0.2) is 18.2 Å². The first kappa shape index (κ1) is 14.2. The number of ether oxygens (including phenoxy) is 2. The summed E-state index contributed by atoms with van der Waals surface area (Å²) in [5.41, 5.74) is 0.751. The molecule has 3 rings (SSSR count). The van der Waals surface area contributed by atoms with Crippen LogP contribution in [0.25, 0.3) is 0 Å². The van der Waals surface area contributed by atoms with E-state index in [-0.39, 0.29) is 18.7 Å². The number of likely N-dealkylation sites (tertiary alicyclic amines) is 1. The third-order valence-electron chi connectivity index (χ3n) is 4.39. The van der Waals surface area contributed by atoms with E-state index in [1.165, 1.54) is 12.8 Å². The predicted molar refractivity (Wildman–Crippen MR) is 80.6 cm³/mol. The van der Waals surface area contributed by atoms with Crippen LogP contribution in [0.4, 0.5) is 5.69 Å². The van der Waals surface area contributed by atoms with Gasteiger partial charge >= 0.3 is 0 Å². The molecule has 1 atom stereocenters. The largest absolute Gasteiger partial charge is 0.454 e. The number of rotatable bonds is 3. The van der Waals surface area contributed by atoms with Crippen molar-refractivity contribution in [2.45, 2.75) is 32.7 Å². The summed E-state index contributed by atoms with van der Waals surface area (Å²) in [5.74, 6) is 2.21. The maximum Gasteiger partial charge on any atom is 0.241 e. The summed E-state index contributed by atoms with van der Waals surface area (Å²) in [4.78, 5) is 14.6. The van der Waals surface area contributed by atoms with Crippen molar-refractivity contribution in [3.05, 3.63) is 18.2 Å². The van der Waals surface area contributed by atoms with Gasteiger partial charge in [0.1, 0.15) is 0 Å². The van der Waals surface area contributed by atoms with Crippen LogP contribution in [-0.4, -0.2) is 36.7 Å². The third-order valence-corrected chi connectivity index (χ3v) is 4.39. The van der Waals surface area contributed by atoms with Crippen molar-refractivity contribution in [3.8, 4) is 11.5 Å². The number of nitrogens with one attached hydrogen (secondary N) is 1. The fourth-order valence-electron chi connectivity index (χ4n) is 2.80. The standard InChI is InChI=1S/C16H22N2O3/c1-11-5-7-18(8-6-11)12(2)16(19)17-13-3-4-14-15(9-13)21-10-20-14/h3-4,9,11-12H,5-8,10H2,1-2H3,(H,17,19)/t12-/m0/s1. The lowest BCUT2D eigenvalue weighted by molar-refractivity contribution is -0.121. The van der Waals surface area contributed by atoms with Crippen molar-refractivity contribution in [2.75, 3.05) is 25.2 Å². The zero-order valence-electron chi connectivity index (χ0n) is 12.6. The van der Waals surface area contributed by atoms with Crippen LogP contribution in [0.3, 0.4) is 0 Å². The lowest BCUT2D eigenvalue weighted by Crippen LogP contribution is -2.45. The van der Waals surface area contributed by atoms with E-state index in [2.05, 4.69) is 17.1 Å². The minimum atomic E-state index is -0.108. The molecule has 1 aromatic carbocycles. The van der Waals surface area contributed by atoms with Crippen LogP contribution in [0.5, 0.6) is 11.5 Å². The summed E-state index contributed by atoms with van der Waals surface area (Å²) >= 11 is 0. The highest BCUT2D eigenvalue weighted by atomic mass is 16.7. The zero-order chi connectivity index (χ0) is 14.8.